The zero-order valence-corrected chi connectivity index (χ0v) is 41.2. The molecule has 0 saturated heterocycles. The van der Waals surface area contributed by atoms with Gasteiger partial charge >= 0.3 is 0 Å². The highest BCUT2D eigenvalue weighted by atomic mass is 15.1. The number of fused-ring (bicyclic) bond motifs is 19. The Morgan fingerprint density at radius 3 is 1.17 bits per heavy atom. The molecule has 0 heterocycles. The Balaban J connectivity index is 1.01. The van der Waals surface area contributed by atoms with E-state index in [0.717, 1.165) is 17.1 Å². The smallest absolute Gasteiger partial charge is 0.0726 e. The summed E-state index contributed by atoms with van der Waals surface area (Å²) in [5, 5.41) is 0. The molecule has 5 aliphatic rings. The Labute approximate surface area is 417 Å². The summed E-state index contributed by atoms with van der Waals surface area (Å²) in [6.45, 7) is 14.5. The van der Waals surface area contributed by atoms with Gasteiger partial charge in [-0.1, -0.05) is 217 Å². The van der Waals surface area contributed by atoms with Gasteiger partial charge in [0, 0.05) is 33.3 Å². The molecule has 0 atom stereocenters. The first-order chi connectivity index (χ1) is 34.5. The molecule has 0 amide bonds. The highest BCUT2D eigenvalue weighted by Crippen LogP contribution is 2.65. The lowest BCUT2D eigenvalue weighted by atomic mass is 9.70. The summed E-state index contributed by atoms with van der Waals surface area (Å²) in [5.41, 5.74) is 32.2. The molecule has 0 unspecified atom stereocenters. The quantitative estimate of drug-likeness (QED) is 0.170. The number of hydrogen-bond donors (Lipinski definition) is 0. The molecule has 15 rings (SSSR count). The van der Waals surface area contributed by atoms with Crippen molar-refractivity contribution < 1.29 is 0 Å². The second-order valence-electron chi connectivity index (χ2n) is 22.3. The van der Waals surface area contributed by atoms with Crippen LogP contribution in [0.3, 0.4) is 0 Å². The van der Waals surface area contributed by atoms with E-state index in [-0.39, 0.29) is 16.2 Å². The molecule has 0 saturated carbocycles. The summed E-state index contributed by atoms with van der Waals surface area (Å²) in [7, 11) is 0. The maximum Gasteiger partial charge on any atom is 0.0726 e. The monoisotopic (exact) mass is 907 g/mol. The van der Waals surface area contributed by atoms with Crippen molar-refractivity contribution in [2.24, 2.45) is 0 Å². The van der Waals surface area contributed by atoms with Gasteiger partial charge in [-0.3, -0.25) is 0 Å². The lowest BCUT2D eigenvalue weighted by Gasteiger charge is -2.33. The first kappa shape index (κ1) is 40.8. The average molecular weight is 908 g/mol. The fourth-order valence-electron chi connectivity index (χ4n) is 14.6. The van der Waals surface area contributed by atoms with Crippen LogP contribution in [0.1, 0.15) is 97.2 Å². The third-order valence-electron chi connectivity index (χ3n) is 17.9. The molecule has 71 heavy (non-hydrogen) atoms. The molecule has 1 nitrogen and oxygen atoms in total. The Bertz CT molecular complexity index is 3910. The number of nitrogens with zero attached hydrogens (tertiary/aromatic N) is 1. The number of rotatable bonds is 4. The minimum atomic E-state index is -0.460. The second-order valence-corrected chi connectivity index (χ2v) is 22.3. The minimum absolute atomic E-state index is 0.136. The summed E-state index contributed by atoms with van der Waals surface area (Å²) in [5.74, 6) is 0. The van der Waals surface area contributed by atoms with E-state index in [1.54, 1.807) is 0 Å². The highest BCUT2D eigenvalue weighted by molar-refractivity contribution is 6.05. The van der Waals surface area contributed by atoms with Crippen LogP contribution < -0.4 is 4.90 Å². The van der Waals surface area contributed by atoms with Gasteiger partial charge in [-0.05, 0) is 159 Å². The maximum atomic E-state index is 2.59. The normalized spacial score (nSPS) is 16.2. The van der Waals surface area contributed by atoms with Crippen LogP contribution in [0.5, 0.6) is 0 Å². The van der Waals surface area contributed by atoms with Crippen molar-refractivity contribution in [1.29, 1.82) is 0 Å². The van der Waals surface area contributed by atoms with E-state index >= 15 is 0 Å². The first-order valence-corrected chi connectivity index (χ1v) is 25.5. The predicted molar refractivity (Wildman–Crippen MR) is 296 cm³/mol. The third-order valence-corrected chi connectivity index (χ3v) is 17.9. The van der Waals surface area contributed by atoms with Crippen LogP contribution in [0.2, 0.25) is 0 Å². The fourth-order valence-corrected chi connectivity index (χ4v) is 14.6. The van der Waals surface area contributed by atoms with E-state index in [2.05, 4.69) is 259 Å². The largest absolute Gasteiger partial charge is 0.310 e. The summed E-state index contributed by atoms with van der Waals surface area (Å²) >= 11 is 0. The molecule has 0 fully saturated rings. The Morgan fingerprint density at radius 1 is 0.239 bits per heavy atom. The maximum absolute atomic E-state index is 2.59. The van der Waals surface area contributed by atoms with Gasteiger partial charge in [-0.15, -0.1) is 0 Å². The van der Waals surface area contributed by atoms with E-state index in [1.807, 2.05) is 0 Å². The molecular formula is C70H53N. The molecule has 0 bridgehead atoms. The lowest BCUT2D eigenvalue weighted by Crippen LogP contribution is -2.26. The van der Waals surface area contributed by atoms with Gasteiger partial charge in [0.2, 0.25) is 0 Å². The topological polar surface area (TPSA) is 3.24 Å². The average Bonchev–Trinajstić information content (AvgIpc) is 4.10. The molecule has 5 aliphatic carbocycles. The molecule has 0 radical (unpaired) electrons. The van der Waals surface area contributed by atoms with E-state index in [0.29, 0.717) is 0 Å². The fraction of sp³-hybridized carbons (Fsp3) is 0.143. The summed E-state index contributed by atoms with van der Waals surface area (Å²) < 4.78 is 0. The van der Waals surface area contributed by atoms with Crippen LogP contribution in [0.15, 0.2) is 212 Å². The molecular weight excluding hydrogens is 855 g/mol. The van der Waals surface area contributed by atoms with Crippen LogP contribution in [0.25, 0.3) is 66.8 Å². The molecule has 0 aliphatic heterocycles. The summed E-state index contributed by atoms with van der Waals surface area (Å²) in [4.78, 5) is 2.57. The third kappa shape index (κ3) is 5.06. The van der Waals surface area contributed by atoms with E-state index in [9.17, 15) is 0 Å². The van der Waals surface area contributed by atoms with E-state index in [1.165, 1.54) is 122 Å². The van der Waals surface area contributed by atoms with Crippen molar-refractivity contribution in [3.05, 3.63) is 268 Å². The number of anilines is 3. The van der Waals surface area contributed by atoms with E-state index < -0.39 is 5.41 Å². The van der Waals surface area contributed by atoms with Gasteiger partial charge in [-0.2, -0.15) is 0 Å². The Kier molecular flexibility index (Phi) is 7.98. The van der Waals surface area contributed by atoms with Crippen molar-refractivity contribution in [3.8, 4) is 66.8 Å². The number of benzene rings is 10. The van der Waals surface area contributed by atoms with Crippen LogP contribution in [-0.2, 0) is 21.7 Å². The SMILES string of the molecule is CC1(C)c2ccccc2-c2ccc(N(c3ccc4c(c3)-c3c(cc5c(c3-c3ccccc3)-c3ccccc3C5(C)C)C4(C)C)c3ccc4c(c3)C3(c5ccccc5-c5ccccc53)c3ccccc3-4)cc21. The van der Waals surface area contributed by atoms with Crippen LogP contribution in [0.4, 0.5) is 17.1 Å². The molecule has 10 aromatic rings. The van der Waals surface area contributed by atoms with Crippen molar-refractivity contribution in [2.75, 3.05) is 4.90 Å². The molecule has 1 heteroatoms. The van der Waals surface area contributed by atoms with Crippen molar-refractivity contribution in [2.45, 2.75) is 63.2 Å². The first-order valence-electron chi connectivity index (χ1n) is 25.5. The van der Waals surface area contributed by atoms with Crippen molar-refractivity contribution in [3.63, 3.8) is 0 Å². The van der Waals surface area contributed by atoms with Crippen LogP contribution in [0, 0.1) is 0 Å². The molecule has 338 valence electrons. The van der Waals surface area contributed by atoms with Crippen LogP contribution in [-0.4, -0.2) is 0 Å². The zero-order valence-electron chi connectivity index (χ0n) is 41.2. The van der Waals surface area contributed by atoms with Crippen molar-refractivity contribution in [1.82, 2.24) is 0 Å². The van der Waals surface area contributed by atoms with E-state index in [4.69, 9.17) is 0 Å². The molecule has 10 aromatic carbocycles. The minimum Gasteiger partial charge on any atom is -0.310 e. The Morgan fingerprint density at radius 2 is 0.606 bits per heavy atom. The molecule has 0 aromatic heterocycles. The van der Waals surface area contributed by atoms with Gasteiger partial charge in [0.1, 0.15) is 0 Å². The molecule has 1 spiro atoms. The van der Waals surface area contributed by atoms with Crippen LogP contribution >= 0.6 is 0 Å². The number of hydrogen-bond acceptors (Lipinski definition) is 1. The highest BCUT2D eigenvalue weighted by Gasteiger charge is 2.52. The van der Waals surface area contributed by atoms with Gasteiger partial charge < -0.3 is 4.90 Å². The van der Waals surface area contributed by atoms with Crippen molar-refractivity contribution >= 4 is 17.1 Å². The second kappa shape index (κ2) is 13.9. The predicted octanol–water partition coefficient (Wildman–Crippen LogP) is 18.1. The lowest BCUT2D eigenvalue weighted by molar-refractivity contribution is 0.639. The molecule has 0 N–H and O–H groups in total. The van der Waals surface area contributed by atoms with Gasteiger partial charge in [-0.25, -0.2) is 0 Å². The Hall–Kier alpha value is -8.00. The van der Waals surface area contributed by atoms with Gasteiger partial charge in [0.25, 0.3) is 0 Å². The zero-order chi connectivity index (χ0) is 47.8. The summed E-state index contributed by atoms with van der Waals surface area (Å²) in [6, 6.07) is 81.4. The standard InChI is InChI=1S/C70H53N/c1-67(2)54-27-15-10-22-46(54)50-35-32-44(39-60(50)67)71(45-33-36-51-49-25-13-19-31-59(49)70(61(51)40-45)57-29-17-11-23-47(57)48-24-12-18-30-58(48)70)43-34-37-56-53(38-43)66-63(69(56,5)6)41-62-65(64(66)42-20-8-7-9-21-42)52-26-14-16-28-55(52)68(62,3)4/h7-41H,1-6H3. The summed E-state index contributed by atoms with van der Waals surface area (Å²) in [6.07, 6.45) is 0. The van der Waals surface area contributed by atoms with Gasteiger partial charge in [0.05, 0.1) is 5.41 Å². The van der Waals surface area contributed by atoms with Gasteiger partial charge in [0.15, 0.2) is 0 Å².